The van der Waals surface area contributed by atoms with Crippen LogP contribution in [0.1, 0.15) is 26.7 Å². The largest absolute Gasteiger partial charge is 0.480 e. The number of carboxylic acid groups (broad SMARTS) is 1. The second-order valence-electron chi connectivity index (χ2n) is 6.20. The zero-order valence-electron chi connectivity index (χ0n) is 15.2. The van der Waals surface area contributed by atoms with E-state index in [0.717, 1.165) is 0 Å². The molecular formula is C15H27N5O6S. The number of primary amides is 1. The number of carbonyl (C=O) groups excluding carboxylic acids is 4. The molecular weight excluding hydrogens is 378 g/mol. The first-order valence-corrected chi connectivity index (χ1v) is 8.87. The number of aliphatic carboxylic acids is 1. The molecule has 0 aromatic heterocycles. The average Bonchev–Trinajstić information content (AvgIpc) is 2.59. The van der Waals surface area contributed by atoms with Crippen molar-refractivity contribution in [3.05, 3.63) is 0 Å². The highest BCUT2D eigenvalue weighted by Crippen LogP contribution is 2.02. The first kappa shape index (κ1) is 24.7. The van der Waals surface area contributed by atoms with Crippen molar-refractivity contribution in [3.63, 3.8) is 0 Å². The van der Waals surface area contributed by atoms with Crippen molar-refractivity contribution in [3.8, 4) is 0 Å². The molecule has 0 aromatic rings. The van der Waals surface area contributed by atoms with E-state index < -0.39 is 54.3 Å². The van der Waals surface area contributed by atoms with E-state index in [-0.39, 0.29) is 24.5 Å². The van der Waals surface area contributed by atoms with Crippen molar-refractivity contribution >= 4 is 42.2 Å². The summed E-state index contributed by atoms with van der Waals surface area (Å²) in [5.74, 6) is -4.27. The van der Waals surface area contributed by atoms with Gasteiger partial charge in [0, 0.05) is 12.2 Å². The number of nitrogens with two attached hydrogens (primary N) is 2. The molecule has 4 amide bonds. The third-order valence-corrected chi connectivity index (χ3v) is 3.91. The summed E-state index contributed by atoms with van der Waals surface area (Å²) in [6, 6.07) is -3.19. The van der Waals surface area contributed by atoms with Crippen LogP contribution in [-0.2, 0) is 24.0 Å². The first-order chi connectivity index (χ1) is 12.5. The minimum atomic E-state index is -1.20. The molecule has 0 rings (SSSR count). The molecule has 3 atom stereocenters. The molecule has 0 aromatic carbocycles. The molecule has 0 saturated heterocycles. The SMILES string of the molecule is CC(C)C(NC(=O)CNC(=O)C(CCC(N)=O)NC(=O)C(N)CS)C(=O)O. The van der Waals surface area contributed by atoms with Crippen molar-refractivity contribution in [2.24, 2.45) is 17.4 Å². The number of hydrogen-bond donors (Lipinski definition) is 7. The van der Waals surface area contributed by atoms with Gasteiger partial charge in [0.15, 0.2) is 0 Å². The van der Waals surface area contributed by atoms with E-state index in [4.69, 9.17) is 16.6 Å². The maximum atomic E-state index is 12.2. The zero-order valence-corrected chi connectivity index (χ0v) is 16.1. The van der Waals surface area contributed by atoms with Gasteiger partial charge in [-0.2, -0.15) is 12.6 Å². The third-order valence-electron chi connectivity index (χ3n) is 3.52. The lowest BCUT2D eigenvalue weighted by molar-refractivity contribution is -0.143. The van der Waals surface area contributed by atoms with Crippen molar-refractivity contribution in [2.75, 3.05) is 12.3 Å². The summed E-state index contributed by atoms with van der Waals surface area (Å²) >= 11 is 3.89. The van der Waals surface area contributed by atoms with Gasteiger partial charge in [0.05, 0.1) is 12.6 Å². The number of rotatable bonds is 12. The Balaban J connectivity index is 4.82. The molecule has 0 heterocycles. The molecule has 12 heteroatoms. The number of hydrogen-bond acceptors (Lipinski definition) is 7. The summed E-state index contributed by atoms with van der Waals surface area (Å²) in [6.45, 7) is 2.74. The van der Waals surface area contributed by atoms with Crippen molar-refractivity contribution in [2.45, 2.75) is 44.8 Å². The van der Waals surface area contributed by atoms with E-state index in [9.17, 15) is 24.0 Å². The molecule has 27 heavy (non-hydrogen) atoms. The Morgan fingerprint density at radius 1 is 1.07 bits per heavy atom. The van der Waals surface area contributed by atoms with Crippen LogP contribution < -0.4 is 27.4 Å². The fourth-order valence-electron chi connectivity index (χ4n) is 1.95. The van der Waals surface area contributed by atoms with Gasteiger partial charge in [-0.15, -0.1) is 0 Å². The Bertz CT molecular complexity index is 571. The van der Waals surface area contributed by atoms with Gasteiger partial charge < -0.3 is 32.5 Å². The number of carboxylic acids is 1. The van der Waals surface area contributed by atoms with Crippen LogP contribution in [-0.4, -0.2) is 65.1 Å². The predicted molar refractivity (Wildman–Crippen MR) is 99.6 cm³/mol. The van der Waals surface area contributed by atoms with Gasteiger partial charge in [-0.05, 0) is 12.3 Å². The Kier molecular flexibility index (Phi) is 11.1. The van der Waals surface area contributed by atoms with Crippen LogP contribution >= 0.6 is 12.6 Å². The summed E-state index contributed by atoms with van der Waals surface area (Å²) in [5, 5.41) is 16.0. The highest BCUT2D eigenvalue weighted by Gasteiger charge is 2.26. The minimum Gasteiger partial charge on any atom is -0.480 e. The van der Waals surface area contributed by atoms with Crippen LogP contribution in [0.15, 0.2) is 0 Å². The number of carbonyl (C=O) groups is 5. The maximum Gasteiger partial charge on any atom is 0.326 e. The highest BCUT2D eigenvalue weighted by atomic mass is 32.1. The number of thiol groups is 1. The number of nitrogens with one attached hydrogen (secondary N) is 3. The van der Waals surface area contributed by atoms with E-state index in [1.54, 1.807) is 13.8 Å². The molecule has 0 radical (unpaired) electrons. The lowest BCUT2D eigenvalue weighted by Gasteiger charge is -2.21. The van der Waals surface area contributed by atoms with Crippen LogP contribution in [0.2, 0.25) is 0 Å². The Morgan fingerprint density at radius 3 is 2.11 bits per heavy atom. The molecule has 3 unspecified atom stereocenters. The maximum absolute atomic E-state index is 12.2. The monoisotopic (exact) mass is 405 g/mol. The number of amides is 4. The molecule has 154 valence electrons. The molecule has 11 nitrogen and oxygen atoms in total. The quantitative estimate of drug-likeness (QED) is 0.172. The van der Waals surface area contributed by atoms with Crippen LogP contribution in [0.4, 0.5) is 0 Å². The van der Waals surface area contributed by atoms with Gasteiger partial charge in [0.2, 0.25) is 23.6 Å². The molecule has 0 saturated carbocycles. The third kappa shape index (κ3) is 9.80. The topological polar surface area (TPSA) is 194 Å². The van der Waals surface area contributed by atoms with E-state index in [1.807, 2.05) is 0 Å². The van der Waals surface area contributed by atoms with Crippen LogP contribution in [0.3, 0.4) is 0 Å². The molecule has 0 aliphatic heterocycles. The molecule has 8 N–H and O–H groups in total. The van der Waals surface area contributed by atoms with Crippen molar-refractivity contribution in [1.82, 2.24) is 16.0 Å². The van der Waals surface area contributed by atoms with E-state index in [2.05, 4.69) is 28.6 Å². The Labute approximate surface area is 162 Å². The lowest BCUT2D eigenvalue weighted by atomic mass is 10.0. The van der Waals surface area contributed by atoms with Gasteiger partial charge in [0.25, 0.3) is 0 Å². The van der Waals surface area contributed by atoms with Crippen LogP contribution in [0.25, 0.3) is 0 Å². The van der Waals surface area contributed by atoms with Gasteiger partial charge >= 0.3 is 5.97 Å². The second-order valence-corrected chi connectivity index (χ2v) is 6.57. The van der Waals surface area contributed by atoms with Gasteiger partial charge in [0.1, 0.15) is 12.1 Å². The summed E-state index contributed by atoms with van der Waals surface area (Å²) in [7, 11) is 0. The molecule has 0 spiro atoms. The van der Waals surface area contributed by atoms with Gasteiger partial charge in [-0.3, -0.25) is 19.2 Å². The molecule has 0 bridgehead atoms. The van der Waals surface area contributed by atoms with Crippen molar-refractivity contribution < 1.29 is 29.1 Å². The van der Waals surface area contributed by atoms with E-state index >= 15 is 0 Å². The average molecular weight is 405 g/mol. The van der Waals surface area contributed by atoms with Crippen LogP contribution in [0, 0.1) is 5.92 Å². The Morgan fingerprint density at radius 2 is 1.67 bits per heavy atom. The van der Waals surface area contributed by atoms with Gasteiger partial charge in [-0.25, -0.2) is 4.79 Å². The second kappa shape index (κ2) is 12.1. The summed E-state index contributed by atoms with van der Waals surface area (Å²) in [5.41, 5.74) is 10.6. The summed E-state index contributed by atoms with van der Waals surface area (Å²) < 4.78 is 0. The summed E-state index contributed by atoms with van der Waals surface area (Å²) in [6.07, 6.45) is -0.257. The standard InChI is InChI=1S/C15H27N5O6S/c1-7(2)12(15(25)26)20-11(22)5-18-14(24)9(3-4-10(17)21)19-13(23)8(16)6-27/h7-9,12,27H,3-6,16H2,1-2H3,(H2,17,21)(H,18,24)(H,19,23)(H,20,22)(H,25,26). The van der Waals surface area contributed by atoms with E-state index in [1.165, 1.54) is 0 Å². The lowest BCUT2D eigenvalue weighted by Crippen LogP contribution is -2.54. The molecule has 0 fully saturated rings. The zero-order chi connectivity index (χ0) is 21.1. The summed E-state index contributed by atoms with van der Waals surface area (Å²) in [4.78, 5) is 57.9. The van der Waals surface area contributed by atoms with Crippen LogP contribution in [0.5, 0.6) is 0 Å². The fourth-order valence-corrected chi connectivity index (χ4v) is 2.11. The molecule has 0 aliphatic rings. The first-order valence-electron chi connectivity index (χ1n) is 8.24. The fraction of sp³-hybridized carbons (Fsp3) is 0.667. The van der Waals surface area contributed by atoms with Gasteiger partial charge in [-0.1, -0.05) is 13.8 Å². The van der Waals surface area contributed by atoms with E-state index in [0.29, 0.717) is 0 Å². The Hall–Kier alpha value is -2.34. The predicted octanol–water partition coefficient (Wildman–Crippen LogP) is -2.66. The molecule has 0 aliphatic carbocycles. The smallest absolute Gasteiger partial charge is 0.326 e. The minimum absolute atomic E-state index is 0.0458. The normalized spacial score (nSPS) is 14.0. The highest BCUT2D eigenvalue weighted by molar-refractivity contribution is 7.80. The van der Waals surface area contributed by atoms with Crippen molar-refractivity contribution in [1.29, 1.82) is 0 Å².